The Bertz CT molecular complexity index is 628. The topological polar surface area (TPSA) is 55.4 Å². The highest BCUT2D eigenvalue weighted by molar-refractivity contribution is 7.09. The lowest BCUT2D eigenvalue weighted by Gasteiger charge is -2.07. The van der Waals surface area contributed by atoms with E-state index in [2.05, 4.69) is 5.32 Å². The zero-order chi connectivity index (χ0) is 15.8. The molecule has 2 aromatic rings. The molecule has 0 aliphatic heterocycles. The van der Waals surface area contributed by atoms with Gasteiger partial charge in [-0.05, 0) is 23.9 Å². The highest BCUT2D eigenvalue weighted by atomic mass is 32.1. The summed E-state index contributed by atoms with van der Waals surface area (Å²) in [6.07, 6.45) is 0.842. The van der Waals surface area contributed by atoms with Crippen LogP contribution in [0.2, 0.25) is 0 Å². The summed E-state index contributed by atoms with van der Waals surface area (Å²) < 4.78 is 18.2. The Morgan fingerprint density at radius 3 is 2.73 bits per heavy atom. The van der Waals surface area contributed by atoms with Crippen molar-refractivity contribution in [3.05, 3.63) is 58.0 Å². The van der Waals surface area contributed by atoms with Crippen LogP contribution in [0.15, 0.2) is 41.8 Å². The Morgan fingerprint density at radius 2 is 2.00 bits per heavy atom. The Hall–Kier alpha value is -2.21. The monoisotopic (exact) mass is 321 g/mol. The first-order valence-corrected chi connectivity index (χ1v) is 7.71. The van der Waals surface area contributed by atoms with Crippen LogP contribution in [0.4, 0.5) is 4.39 Å². The fourth-order valence-corrected chi connectivity index (χ4v) is 2.49. The Morgan fingerprint density at radius 1 is 1.18 bits per heavy atom. The van der Waals surface area contributed by atoms with E-state index in [1.54, 1.807) is 29.5 Å². The number of hydrogen-bond donors (Lipinski definition) is 1. The molecule has 0 saturated heterocycles. The maximum Gasteiger partial charge on any atom is 0.306 e. The van der Waals surface area contributed by atoms with Gasteiger partial charge in [0.15, 0.2) is 6.61 Å². The number of carbonyl (C=O) groups excluding carboxylic acids is 2. The van der Waals surface area contributed by atoms with Crippen LogP contribution in [0, 0.1) is 5.82 Å². The third-order valence-corrected chi connectivity index (χ3v) is 3.89. The van der Waals surface area contributed by atoms with Crippen LogP contribution in [0.25, 0.3) is 0 Å². The Balaban J connectivity index is 1.65. The number of esters is 1. The molecule has 0 unspecified atom stereocenters. The summed E-state index contributed by atoms with van der Waals surface area (Å²) in [4.78, 5) is 24.2. The number of thiophene rings is 1. The van der Waals surface area contributed by atoms with Gasteiger partial charge in [0.2, 0.25) is 0 Å². The minimum atomic E-state index is -0.451. The van der Waals surface area contributed by atoms with Gasteiger partial charge in [0.25, 0.3) is 5.91 Å². The maximum atomic E-state index is 13.4. The summed E-state index contributed by atoms with van der Waals surface area (Å²) in [5.41, 5.74) is 0.389. The number of aryl methyl sites for hydroxylation is 1. The van der Waals surface area contributed by atoms with Crippen LogP contribution in [0.1, 0.15) is 16.9 Å². The first-order valence-electron chi connectivity index (χ1n) is 6.83. The first kappa shape index (κ1) is 16.2. The van der Waals surface area contributed by atoms with Gasteiger partial charge in [-0.3, -0.25) is 9.59 Å². The van der Waals surface area contributed by atoms with Crippen molar-refractivity contribution in [2.45, 2.75) is 19.4 Å². The molecule has 1 aromatic carbocycles. The molecule has 0 spiro atoms. The lowest BCUT2D eigenvalue weighted by molar-refractivity contribution is -0.148. The molecule has 2 rings (SSSR count). The summed E-state index contributed by atoms with van der Waals surface area (Å²) in [5, 5.41) is 4.45. The van der Waals surface area contributed by atoms with E-state index in [0.29, 0.717) is 12.0 Å². The van der Waals surface area contributed by atoms with Crippen LogP contribution < -0.4 is 5.32 Å². The van der Waals surface area contributed by atoms with Gasteiger partial charge >= 0.3 is 5.97 Å². The van der Waals surface area contributed by atoms with E-state index in [0.717, 1.165) is 4.88 Å². The molecule has 1 heterocycles. The summed E-state index contributed by atoms with van der Waals surface area (Å²) in [5.74, 6) is -1.25. The second-order valence-corrected chi connectivity index (χ2v) is 5.64. The van der Waals surface area contributed by atoms with Crippen LogP contribution in [0.3, 0.4) is 0 Å². The number of halogens is 1. The van der Waals surface area contributed by atoms with Gasteiger partial charge in [-0.25, -0.2) is 4.39 Å². The number of ether oxygens (including phenoxy) is 1. The number of carbonyl (C=O) groups is 2. The van der Waals surface area contributed by atoms with E-state index in [4.69, 9.17) is 4.74 Å². The van der Waals surface area contributed by atoms with Crippen molar-refractivity contribution in [2.24, 2.45) is 0 Å². The van der Waals surface area contributed by atoms with Gasteiger partial charge in [-0.2, -0.15) is 0 Å². The molecule has 4 nitrogen and oxygen atoms in total. The summed E-state index contributed by atoms with van der Waals surface area (Å²) >= 11 is 1.57. The van der Waals surface area contributed by atoms with Crippen LogP contribution in [-0.2, 0) is 27.3 Å². The predicted octanol–water partition coefficient (Wildman–Crippen LogP) is 2.68. The highest BCUT2D eigenvalue weighted by Gasteiger charge is 2.09. The number of nitrogens with one attached hydrogen (secondary N) is 1. The van der Waals surface area contributed by atoms with Gasteiger partial charge in [0.05, 0.1) is 6.42 Å². The van der Waals surface area contributed by atoms with Crippen LogP contribution in [-0.4, -0.2) is 18.5 Å². The first-order chi connectivity index (χ1) is 10.6. The van der Waals surface area contributed by atoms with Crippen molar-refractivity contribution in [3.63, 3.8) is 0 Å². The van der Waals surface area contributed by atoms with Gasteiger partial charge in [-0.15, -0.1) is 11.3 Å². The summed E-state index contributed by atoms with van der Waals surface area (Å²) in [6.45, 7) is -0.282. The molecule has 6 heteroatoms. The molecular formula is C16H16FNO3S. The van der Waals surface area contributed by atoms with Crippen LogP contribution >= 0.6 is 11.3 Å². The maximum absolute atomic E-state index is 13.4. The van der Waals surface area contributed by atoms with Crippen molar-refractivity contribution in [1.82, 2.24) is 5.32 Å². The number of benzene rings is 1. The molecule has 0 aliphatic rings. The average Bonchev–Trinajstić information content (AvgIpc) is 3.03. The Labute approximate surface area is 131 Å². The van der Waals surface area contributed by atoms with Gasteiger partial charge in [0, 0.05) is 17.0 Å². The van der Waals surface area contributed by atoms with Gasteiger partial charge < -0.3 is 10.1 Å². The number of rotatable bonds is 7. The van der Waals surface area contributed by atoms with Gasteiger partial charge in [0.1, 0.15) is 5.82 Å². The SMILES string of the molecule is O=C(COC(=O)CCc1cccs1)NCc1ccccc1F. The molecule has 0 saturated carbocycles. The van der Waals surface area contributed by atoms with Crippen molar-refractivity contribution in [1.29, 1.82) is 0 Å². The van der Waals surface area contributed by atoms with E-state index >= 15 is 0 Å². The molecule has 0 fully saturated rings. The van der Waals surface area contributed by atoms with Crippen molar-refractivity contribution in [2.75, 3.05) is 6.61 Å². The normalized spacial score (nSPS) is 10.2. The standard InChI is InChI=1S/C16H16FNO3S/c17-14-6-2-1-4-12(14)10-18-15(19)11-21-16(20)8-7-13-5-3-9-22-13/h1-6,9H,7-8,10-11H2,(H,18,19). The quantitative estimate of drug-likeness (QED) is 0.798. The molecule has 1 aromatic heterocycles. The predicted molar refractivity (Wildman–Crippen MR) is 81.8 cm³/mol. The zero-order valence-corrected chi connectivity index (χ0v) is 12.7. The summed E-state index contributed by atoms with van der Waals surface area (Å²) in [6, 6.07) is 10.0. The van der Waals surface area contributed by atoms with Crippen molar-refractivity contribution < 1.29 is 18.7 Å². The van der Waals surface area contributed by atoms with E-state index in [9.17, 15) is 14.0 Å². The minimum Gasteiger partial charge on any atom is -0.456 e. The lowest BCUT2D eigenvalue weighted by atomic mass is 10.2. The average molecular weight is 321 g/mol. The molecule has 1 N–H and O–H groups in total. The third-order valence-electron chi connectivity index (χ3n) is 2.95. The van der Waals surface area contributed by atoms with E-state index in [1.165, 1.54) is 6.07 Å². The number of hydrogen-bond acceptors (Lipinski definition) is 4. The highest BCUT2D eigenvalue weighted by Crippen LogP contribution is 2.11. The van der Waals surface area contributed by atoms with E-state index in [-0.39, 0.29) is 25.4 Å². The van der Waals surface area contributed by atoms with Gasteiger partial charge in [-0.1, -0.05) is 24.3 Å². The largest absolute Gasteiger partial charge is 0.456 e. The molecule has 0 aliphatic carbocycles. The second kappa shape index (κ2) is 8.29. The van der Waals surface area contributed by atoms with E-state index in [1.807, 2.05) is 17.5 Å². The summed E-state index contributed by atoms with van der Waals surface area (Å²) in [7, 11) is 0. The molecule has 0 radical (unpaired) electrons. The molecule has 0 bridgehead atoms. The molecule has 22 heavy (non-hydrogen) atoms. The van der Waals surface area contributed by atoms with Crippen molar-refractivity contribution >= 4 is 23.2 Å². The zero-order valence-electron chi connectivity index (χ0n) is 11.9. The third kappa shape index (κ3) is 5.29. The minimum absolute atomic E-state index is 0.0677. The van der Waals surface area contributed by atoms with Crippen LogP contribution in [0.5, 0.6) is 0 Å². The Kier molecular flexibility index (Phi) is 6.09. The van der Waals surface area contributed by atoms with E-state index < -0.39 is 11.9 Å². The smallest absolute Gasteiger partial charge is 0.306 e. The molecule has 1 amide bonds. The fourth-order valence-electron chi connectivity index (χ4n) is 1.78. The molecule has 116 valence electrons. The lowest BCUT2D eigenvalue weighted by Crippen LogP contribution is -2.28. The molecular weight excluding hydrogens is 305 g/mol. The fraction of sp³-hybridized carbons (Fsp3) is 0.250. The molecule has 0 atom stereocenters. The second-order valence-electron chi connectivity index (χ2n) is 4.61. The number of amides is 1. The van der Waals surface area contributed by atoms with Crippen molar-refractivity contribution in [3.8, 4) is 0 Å².